The molecule has 0 atom stereocenters. The van der Waals surface area contributed by atoms with Gasteiger partial charge in [-0.25, -0.2) is 4.79 Å². The van der Waals surface area contributed by atoms with Crippen LogP contribution in [0, 0.1) is 0 Å². The summed E-state index contributed by atoms with van der Waals surface area (Å²) in [5, 5.41) is 0. The van der Waals surface area contributed by atoms with Crippen LogP contribution in [-0.2, 0) is 4.74 Å². The number of carbonyl (C=O) groups excluding carboxylic acids is 2. The second kappa shape index (κ2) is 6.89. The molecular weight excluding hydrogens is 220 g/mol. The van der Waals surface area contributed by atoms with Crippen LogP contribution in [0.5, 0.6) is 0 Å². The summed E-state index contributed by atoms with van der Waals surface area (Å²) in [5.74, 6) is -0.308. The van der Waals surface area contributed by atoms with Crippen molar-refractivity contribution < 1.29 is 18.7 Å². The topological polar surface area (TPSA) is 56.5 Å². The van der Waals surface area contributed by atoms with E-state index in [-0.39, 0.29) is 17.3 Å². The smallest absolute Gasteiger partial charge is 0.373 e. The Hall–Kier alpha value is -1.58. The molecule has 17 heavy (non-hydrogen) atoms. The molecule has 0 aromatic carbocycles. The van der Waals surface area contributed by atoms with Gasteiger partial charge < -0.3 is 9.15 Å². The number of Topliss-reactive ketones (excluding diaryl/α,β-unsaturated/α-hetero) is 1. The van der Waals surface area contributed by atoms with Gasteiger partial charge in [-0.05, 0) is 18.6 Å². The molecule has 0 spiro atoms. The van der Waals surface area contributed by atoms with Crippen molar-refractivity contribution in [1.82, 2.24) is 0 Å². The Morgan fingerprint density at radius 3 is 2.53 bits per heavy atom. The van der Waals surface area contributed by atoms with E-state index in [9.17, 15) is 9.59 Å². The fourth-order valence-electron chi connectivity index (χ4n) is 1.53. The Kier molecular flexibility index (Phi) is 5.46. The van der Waals surface area contributed by atoms with Crippen molar-refractivity contribution in [1.29, 1.82) is 0 Å². The first-order chi connectivity index (χ1) is 8.19. The maximum Gasteiger partial charge on any atom is 0.373 e. The SMILES string of the molecule is CCCCCCC(=O)c1ccc(C(=O)OC)o1. The van der Waals surface area contributed by atoms with Crippen molar-refractivity contribution in [2.24, 2.45) is 0 Å². The average molecular weight is 238 g/mol. The van der Waals surface area contributed by atoms with Gasteiger partial charge in [-0.3, -0.25) is 4.79 Å². The normalized spacial score (nSPS) is 10.2. The van der Waals surface area contributed by atoms with Gasteiger partial charge >= 0.3 is 5.97 Å². The van der Waals surface area contributed by atoms with Crippen molar-refractivity contribution in [3.63, 3.8) is 0 Å². The number of ketones is 1. The number of hydrogen-bond donors (Lipinski definition) is 0. The largest absolute Gasteiger partial charge is 0.463 e. The Morgan fingerprint density at radius 2 is 1.88 bits per heavy atom. The summed E-state index contributed by atoms with van der Waals surface area (Å²) in [4.78, 5) is 22.8. The first-order valence-corrected chi connectivity index (χ1v) is 5.90. The summed E-state index contributed by atoms with van der Waals surface area (Å²) in [7, 11) is 1.27. The van der Waals surface area contributed by atoms with Crippen LogP contribution in [0.1, 0.15) is 60.1 Å². The molecule has 1 aromatic heterocycles. The van der Waals surface area contributed by atoms with Gasteiger partial charge in [-0.1, -0.05) is 26.2 Å². The molecule has 0 amide bonds. The lowest BCUT2D eigenvalue weighted by molar-refractivity contribution is 0.0563. The van der Waals surface area contributed by atoms with Crippen LogP contribution >= 0.6 is 0 Å². The van der Waals surface area contributed by atoms with E-state index in [1.54, 1.807) is 0 Å². The van der Waals surface area contributed by atoms with Crippen molar-refractivity contribution in [2.75, 3.05) is 7.11 Å². The van der Waals surface area contributed by atoms with Crippen molar-refractivity contribution in [3.05, 3.63) is 23.7 Å². The van der Waals surface area contributed by atoms with Crippen LogP contribution < -0.4 is 0 Å². The summed E-state index contributed by atoms with van der Waals surface area (Å²) in [6.45, 7) is 2.12. The Morgan fingerprint density at radius 1 is 1.18 bits per heavy atom. The van der Waals surface area contributed by atoms with Gasteiger partial charge in [0.2, 0.25) is 5.76 Å². The Balaban J connectivity index is 2.46. The zero-order valence-corrected chi connectivity index (χ0v) is 10.3. The third-order valence-corrected chi connectivity index (χ3v) is 2.52. The Bertz CT molecular complexity index is 379. The molecule has 0 saturated carbocycles. The Labute approximate surface area is 101 Å². The fourth-order valence-corrected chi connectivity index (χ4v) is 1.53. The van der Waals surface area contributed by atoms with E-state index in [2.05, 4.69) is 11.7 Å². The molecule has 0 radical (unpaired) electrons. The van der Waals surface area contributed by atoms with Gasteiger partial charge in [0.1, 0.15) is 0 Å². The van der Waals surface area contributed by atoms with E-state index in [0.29, 0.717) is 6.42 Å². The van der Waals surface area contributed by atoms with Gasteiger partial charge in [-0.15, -0.1) is 0 Å². The number of unbranched alkanes of at least 4 members (excludes halogenated alkanes) is 3. The van der Waals surface area contributed by atoms with E-state index >= 15 is 0 Å². The summed E-state index contributed by atoms with van der Waals surface area (Å²) in [5.41, 5.74) is 0. The second-order valence-corrected chi connectivity index (χ2v) is 3.89. The number of carbonyl (C=O) groups is 2. The molecule has 0 bridgehead atoms. The number of ether oxygens (including phenoxy) is 1. The number of hydrogen-bond acceptors (Lipinski definition) is 4. The molecule has 0 saturated heterocycles. The van der Waals surface area contributed by atoms with Gasteiger partial charge in [-0.2, -0.15) is 0 Å². The summed E-state index contributed by atoms with van der Waals surface area (Å²) >= 11 is 0. The van der Waals surface area contributed by atoms with Crippen molar-refractivity contribution in [2.45, 2.75) is 39.0 Å². The standard InChI is InChI=1S/C13H18O4/c1-3-4-5-6-7-10(14)11-8-9-12(17-11)13(15)16-2/h8-9H,3-7H2,1-2H3. The van der Waals surface area contributed by atoms with Crippen LogP contribution in [0.4, 0.5) is 0 Å². The molecule has 1 rings (SSSR count). The zero-order chi connectivity index (χ0) is 12.7. The molecule has 1 heterocycles. The molecule has 0 unspecified atom stereocenters. The predicted octanol–water partition coefficient (Wildman–Crippen LogP) is 3.22. The van der Waals surface area contributed by atoms with E-state index in [0.717, 1.165) is 25.7 Å². The van der Waals surface area contributed by atoms with Crippen LogP contribution in [0.3, 0.4) is 0 Å². The lowest BCUT2D eigenvalue weighted by Gasteiger charge is -1.97. The third-order valence-electron chi connectivity index (χ3n) is 2.52. The van der Waals surface area contributed by atoms with Gasteiger partial charge in [0.25, 0.3) is 0 Å². The first kappa shape index (κ1) is 13.5. The highest BCUT2D eigenvalue weighted by atomic mass is 16.5. The first-order valence-electron chi connectivity index (χ1n) is 5.90. The molecule has 0 aliphatic rings. The van der Waals surface area contributed by atoms with Gasteiger partial charge in [0.15, 0.2) is 11.5 Å². The molecule has 0 N–H and O–H groups in total. The molecule has 4 nitrogen and oxygen atoms in total. The summed E-state index contributed by atoms with van der Waals surface area (Å²) < 4.78 is 9.63. The number of rotatable bonds is 7. The number of furan rings is 1. The molecule has 0 aliphatic carbocycles. The highest BCUT2D eigenvalue weighted by Gasteiger charge is 2.15. The predicted molar refractivity (Wildman–Crippen MR) is 63.1 cm³/mol. The maximum atomic E-state index is 11.7. The quantitative estimate of drug-likeness (QED) is 0.416. The van der Waals surface area contributed by atoms with E-state index < -0.39 is 5.97 Å². The molecule has 0 fully saturated rings. The molecule has 4 heteroatoms. The van der Waals surface area contributed by atoms with Crippen molar-refractivity contribution >= 4 is 11.8 Å². The monoisotopic (exact) mass is 238 g/mol. The molecule has 94 valence electrons. The van der Waals surface area contributed by atoms with E-state index in [1.165, 1.54) is 19.2 Å². The minimum Gasteiger partial charge on any atom is -0.463 e. The number of methoxy groups -OCH3 is 1. The van der Waals surface area contributed by atoms with E-state index in [4.69, 9.17) is 4.42 Å². The summed E-state index contributed by atoms with van der Waals surface area (Å²) in [6.07, 6.45) is 4.65. The minimum atomic E-state index is -0.560. The van der Waals surface area contributed by atoms with Crippen molar-refractivity contribution in [3.8, 4) is 0 Å². The second-order valence-electron chi connectivity index (χ2n) is 3.89. The maximum absolute atomic E-state index is 11.7. The van der Waals surface area contributed by atoms with Gasteiger partial charge in [0, 0.05) is 6.42 Å². The van der Waals surface area contributed by atoms with Gasteiger partial charge in [0.05, 0.1) is 7.11 Å². The van der Waals surface area contributed by atoms with Crippen LogP contribution in [0.2, 0.25) is 0 Å². The van der Waals surface area contributed by atoms with Crippen LogP contribution in [-0.4, -0.2) is 18.9 Å². The average Bonchev–Trinajstić information content (AvgIpc) is 2.83. The molecule has 1 aromatic rings. The number of esters is 1. The lowest BCUT2D eigenvalue weighted by atomic mass is 10.1. The highest BCUT2D eigenvalue weighted by Crippen LogP contribution is 2.13. The lowest BCUT2D eigenvalue weighted by Crippen LogP contribution is -2.00. The molecule has 0 aliphatic heterocycles. The van der Waals surface area contributed by atoms with E-state index in [1.807, 2.05) is 0 Å². The van der Waals surface area contributed by atoms with Crippen LogP contribution in [0.25, 0.3) is 0 Å². The summed E-state index contributed by atoms with van der Waals surface area (Å²) in [6, 6.07) is 2.99. The fraction of sp³-hybridized carbons (Fsp3) is 0.538. The van der Waals surface area contributed by atoms with Crippen LogP contribution in [0.15, 0.2) is 16.5 Å². The molecular formula is C13H18O4. The highest BCUT2D eigenvalue weighted by molar-refractivity contribution is 5.95. The zero-order valence-electron chi connectivity index (χ0n) is 10.3. The minimum absolute atomic E-state index is 0.0590. The third kappa shape index (κ3) is 4.06.